The van der Waals surface area contributed by atoms with Gasteiger partial charge in [-0.3, -0.25) is 4.57 Å². The molecule has 0 aliphatic rings. The van der Waals surface area contributed by atoms with E-state index in [1.165, 1.54) is 31.3 Å². The summed E-state index contributed by atoms with van der Waals surface area (Å²) >= 11 is 1.87. The van der Waals surface area contributed by atoms with Crippen LogP contribution in [0.4, 0.5) is 0 Å². The van der Waals surface area contributed by atoms with Crippen molar-refractivity contribution in [2.45, 2.75) is 0 Å². The predicted octanol–water partition coefficient (Wildman–Crippen LogP) is 12.6. The zero-order valence-corrected chi connectivity index (χ0v) is 27.8. The molecule has 3 heterocycles. The van der Waals surface area contributed by atoms with Gasteiger partial charge in [0.1, 0.15) is 5.65 Å². The van der Waals surface area contributed by atoms with E-state index in [9.17, 15) is 0 Å². The highest BCUT2D eigenvalue weighted by molar-refractivity contribution is 7.26. The molecule has 0 saturated heterocycles. The number of rotatable bonds is 5. The standard InChI is InChI=1S/C46H29N3S/c1-3-14-30(15-4-1)43-42-39-23-7-9-26-40(39)49(35-20-5-2-6-21-35)46(42)48-45(47-43)34-19-12-17-32(29-34)31-16-11-18-33(28-31)36-24-13-25-38-37-22-8-10-27-41(37)50-44(36)38/h1-29H. The van der Waals surface area contributed by atoms with Gasteiger partial charge in [0.25, 0.3) is 0 Å². The Balaban J connectivity index is 1.15. The molecule has 0 spiro atoms. The fourth-order valence-electron chi connectivity index (χ4n) is 7.30. The van der Waals surface area contributed by atoms with E-state index in [0.717, 1.165) is 55.6 Å². The van der Waals surface area contributed by atoms with Gasteiger partial charge in [0, 0.05) is 42.4 Å². The summed E-state index contributed by atoms with van der Waals surface area (Å²) in [5, 5.41) is 4.82. The second kappa shape index (κ2) is 11.7. The number of hydrogen-bond acceptors (Lipinski definition) is 3. The number of fused-ring (bicyclic) bond motifs is 6. The van der Waals surface area contributed by atoms with E-state index in [1.54, 1.807) is 0 Å². The highest BCUT2D eigenvalue weighted by Gasteiger charge is 2.21. The highest BCUT2D eigenvalue weighted by Crippen LogP contribution is 2.41. The Bertz CT molecular complexity index is 2870. The monoisotopic (exact) mass is 655 g/mol. The van der Waals surface area contributed by atoms with Crippen LogP contribution in [0, 0.1) is 0 Å². The van der Waals surface area contributed by atoms with Crippen molar-refractivity contribution >= 4 is 53.4 Å². The van der Waals surface area contributed by atoms with Gasteiger partial charge in [-0.05, 0) is 58.7 Å². The summed E-state index contributed by atoms with van der Waals surface area (Å²) in [4.78, 5) is 10.7. The molecule has 7 aromatic carbocycles. The first kappa shape index (κ1) is 28.6. The molecule has 3 aromatic heterocycles. The third kappa shape index (κ3) is 4.65. The lowest BCUT2D eigenvalue weighted by Gasteiger charge is -2.12. The lowest BCUT2D eigenvalue weighted by Crippen LogP contribution is -1.99. The van der Waals surface area contributed by atoms with Gasteiger partial charge in [-0.1, -0.05) is 140 Å². The van der Waals surface area contributed by atoms with Crippen molar-refractivity contribution < 1.29 is 0 Å². The van der Waals surface area contributed by atoms with Crippen LogP contribution in [0.15, 0.2) is 176 Å². The van der Waals surface area contributed by atoms with E-state index in [2.05, 4.69) is 180 Å². The van der Waals surface area contributed by atoms with Crippen molar-refractivity contribution in [3.05, 3.63) is 176 Å². The van der Waals surface area contributed by atoms with Gasteiger partial charge in [0.2, 0.25) is 0 Å². The molecular formula is C46H29N3S. The van der Waals surface area contributed by atoms with E-state index in [0.29, 0.717) is 5.82 Å². The summed E-state index contributed by atoms with van der Waals surface area (Å²) in [5.41, 5.74) is 10.8. The lowest BCUT2D eigenvalue weighted by molar-refractivity contribution is 1.11. The first-order valence-electron chi connectivity index (χ1n) is 16.8. The minimum absolute atomic E-state index is 0.699. The Morgan fingerprint density at radius 3 is 1.86 bits per heavy atom. The van der Waals surface area contributed by atoms with E-state index in [1.807, 2.05) is 11.3 Å². The first-order valence-corrected chi connectivity index (χ1v) is 17.7. The summed E-state index contributed by atoms with van der Waals surface area (Å²) in [7, 11) is 0. The fourth-order valence-corrected chi connectivity index (χ4v) is 8.54. The molecule has 0 saturated carbocycles. The first-order chi connectivity index (χ1) is 24.8. The predicted molar refractivity (Wildman–Crippen MR) is 211 cm³/mol. The van der Waals surface area contributed by atoms with Crippen molar-refractivity contribution in [1.82, 2.24) is 14.5 Å². The Morgan fingerprint density at radius 2 is 1.04 bits per heavy atom. The number of aromatic nitrogens is 3. The van der Waals surface area contributed by atoms with Crippen LogP contribution in [-0.2, 0) is 0 Å². The van der Waals surface area contributed by atoms with E-state index in [4.69, 9.17) is 9.97 Å². The van der Waals surface area contributed by atoms with Gasteiger partial charge >= 0.3 is 0 Å². The van der Waals surface area contributed by atoms with Gasteiger partial charge in [0.05, 0.1) is 16.6 Å². The van der Waals surface area contributed by atoms with Crippen molar-refractivity contribution in [1.29, 1.82) is 0 Å². The normalized spacial score (nSPS) is 11.6. The third-order valence-corrected chi connectivity index (χ3v) is 10.8. The minimum atomic E-state index is 0.699. The molecule has 50 heavy (non-hydrogen) atoms. The molecule has 0 fully saturated rings. The maximum atomic E-state index is 5.35. The van der Waals surface area contributed by atoms with Crippen LogP contribution < -0.4 is 0 Å². The summed E-state index contributed by atoms with van der Waals surface area (Å²) in [6, 6.07) is 62.4. The van der Waals surface area contributed by atoms with E-state index >= 15 is 0 Å². The van der Waals surface area contributed by atoms with Gasteiger partial charge in [0.15, 0.2) is 5.82 Å². The maximum Gasteiger partial charge on any atom is 0.162 e. The molecule has 0 aliphatic heterocycles. The zero-order chi connectivity index (χ0) is 33.0. The smallest absolute Gasteiger partial charge is 0.162 e. The zero-order valence-electron chi connectivity index (χ0n) is 27.0. The molecule has 10 aromatic rings. The molecule has 0 aliphatic carbocycles. The topological polar surface area (TPSA) is 30.7 Å². The molecule has 234 valence electrons. The van der Waals surface area contributed by atoms with Crippen LogP contribution in [0.25, 0.3) is 92.7 Å². The number of benzene rings is 7. The summed E-state index contributed by atoms with van der Waals surface area (Å²) in [6.45, 7) is 0. The largest absolute Gasteiger partial charge is 0.294 e. The van der Waals surface area contributed by atoms with Crippen LogP contribution >= 0.6 is 11.3 Å². The second-order valence-electron chi connectivity index (χ2n) is 12.6. The molecular weight excluding hydrogens is 627 g/mol. The lowest BCUT2D eigenvalue weighted by atomic mass is 9.97. The molecule has 10 rings (SSSR count). The Labute approximate surface area is 293 Å². The summed E-state index contributed by atoms with van der Waals surface area (Å²) < 4.78 is 4.91. The molecule has 3 nitrogen and oxygen atoms in total. The van der Waals surface area contributed by atoms with Crippen LogP contribution in [-0.4, -0.2) is 14.5 Å². The SMILES string of the molecule is c1ccc(-c2nc(-c3cccc(-c4cccc(-c5cccc6c5sc5ccccc56)c4)c3)nc3c2c2ccccc2n3-c2ccccc2)cc1. The number of nitrogens with zero attached hydrogens (tertiary/aromatic N) is 3. The van der Waals surface area contributed by atoms with E-state index < -0.39 is 0 Å². The van der Waals surface area contributed by atoms with Crippen molar-refractivity contribution in [2.24, 2.45) is 0 Å². The fraction of sp³-hybridized carbons (Fsp3) is 0. The van der Waals surface area contributed by atoms with Crippen LogP contribution in [0.1, 0.15) is 0 Å². The van der Waals surface area contributed by atoms with Gasteiger partial charge in [-0.15, -0.1) is 11.3 Å². The summed E-state index contributed by atoms with van der Waals surface area (Å²) in [5.74, 6) is 0.699. The average molecular weight is 656 g/mol. The minimum Gasteiger partial charge on any atom is -0.294 e. The number of para-hydroxylation sites is 2. The molecule has 0 bridgehead atoms. The molecule has 0 unspecified atom stereocenters. The quantitative estimate of drug-likeness (QED) is 0.185. The van der Waals surface area contributed by atoms with Crippen LogP contribution in [0.3, 0.4) is 0 Å². The Kier molecular flexibility index (Phi) is 6.68. The Morgan fingerprint density at radius 1 is 0.440 bits per heavy atom. The van der Waals surface area contributed by atoms with Gasteiger partial charge in [-0.2, -0.15) is 0 Å². The Hall–Kier alpha value is -6.36. The van der Waals surface area contributed by atoms with Gasteiger partial charge in [-0.25, -0.2) is 9.97 Å². The van der Waals surface area contributed by atoms with Gasteiger partial charge < -0.3 is 0 Å². The molecule has 0 atom stereocenters. The van der Waals surface area contributed by atoms with Crippen molar-refractivity contribution in [3.63, 3.8) is 0 Å². The molecule has 4 heteroatoms. The third-order valence-electron chi connectivity index (χ3n) is 9.61. The summed E-state index contributed by atoms with van der Waals surface area (Å²) in [6.07, 6.45) is 0. The average Bonchev–Trinajstić information content (AvgIpc) is 3.74. The number of thiophene rings is 1. The maximum absolute atomic E-state index is 5.35. The highest BCUT2D eigenvalue weighted by atomic mass is 32.1. The molecule has 0 amide bonds. The molecule has 0 radical (unpaired) electrons. The van der Waals surface area contributed by atoms with Crippen LogP contribution in [0.5, 0.6) is 0 Å². The van der Waals surface area contributed by atoms with Crippen molar-refractivity contribution in [2.75, 3.05) is 0 Å². The molecule has 0 N–H and O–H groups in total. The second-order valence-corrected chi connectivity index (χ2v) is 13.6. The van der Waals surface area contributed by atoms with Crippen molar-refractivity contribution in [3.8, 4) is 50.6 Å². The number of hydrogen-bond donors (Lipinski definition) is 0. The van der Waals surface area contributed by atoms with Crippen LogP contribution in [0.2, 0.25) is 0 Å². The van der Waals surface area contributed by atoms with E-state index in [-0.39, 0.29) is 0 Å².